The minimum Gasteiger partial charge on any atom is -0.497 e. The molecule has 2 aromatic rings. The Balaban J connectivity index is 1.48. The molecule has 0 N–H and O–H groups in total. The number of hydrogen-bond donors (Lipinski definition) is 0. The highest BCUT2D eigenvalue weighted by atomic mass is 16.5. The van der Waals surface area contributed by atoms with Gasteiger partial charge in [-0.15, -0.1) is 0 Å². The van der Waals surface area contributed by atoms with Gasteiger partial charge in [-0.25, -0.2) is 0 Å². The zero-order valence-electron chi connectivity index (χ0n) is 15.2. The first-order chi connectivity index (χ1) is 12.6. The first kappa shape index (κ1) is 18.0. The summed E-state index contributed by atoms with van der Waals surface area (Å²) in [6.45, 7) is 4.80. The minimum absolute atomic E-state index is 0.00762. The fourth-order valence-corrected chi connectivity index (χ4v) is 3.03. The smallest absolute Gasteiger partial charge is 0.253 e. The van der Waals surface area contributed by atoms with Crippen LogP contribution in [-0.2, 0) is 11.3 Å². The highest BCUT2D eigenvalue weighted by Crippen LogP contribution is 2.14. The summed E-state index contributed by atoms with van der Waals surface area (Å²) in [5, 5.41) is 4.20. The number of benzene rings is 1. The van der Waals surface area contributed by atoms with E-state index in [2.05, 4.69) is 5.10 Å². The molecule has 1 aromatic heterocycles. The van der Waals surface area contributed by atoms with Gasteiger partial charge >= 0.3 is 0 Å². The van der Waals surface area contributed by atoms with Crippen molar-refractivity contribution in [2.24, 2.45) is 0 Å². The van der Waals surface area contributed by atoms with Crippen LogP contribution in [0.2, 0.25) is 0 Å². The molecule has 2 amide bonds. The van der Waals surface area contributed by atoms with E-state index in [0.29, 0.717) is 44.7 Å². The van der Waals surface area contributed by atoms with Crippen LogP contribution in [0.25, 0.3) is 0 Å². The molecule has 1 aromatic carbocycles. The van der Waals surface area contributed by atoms with E-state index in [9.17, 15) is 9.59 Å². The second-order valence-corrected chi connectivity index (χ2v) is 6.43. The molecule has 0 spiro atoms. The lowest BCUT2D eigenvalue weighted by Gasteiger charge is -2.35. The van der Waals surface area contributed by atoms with Gasteiger partial charge in [0.25, 0.3) is 5.91 Å². The van der Waals surface area contributed by atoms with Gasteiger partial charge in [0, 0.05) is 50.9 Å². The molecule has 1 fully saturated rings. The van der Waals surface area contributed by atoms with Crippen molar-refractivity contribution in [3.63, 3.8) is 0 Å². The van der Waals surface area contributed by atoms with Crippen molar-refractivity contribution in [3.8, 4) is 5.75 Å². The summed E-state index contributed by atoms with van der Waals surface area (Å²) >= 11 is 0. The van der Waals surface area contributed by atoms with Crippen molar-refractivity contribution in [3.05, 3.63) is 47.8 Å². The lowest BCUT2D eigenvalue weighted by atomic mass is 10.1. The Morgan fingerprint density at radius 3 is 2.31 bits per heavy atom. The molecule has 3 rings (SSSR count). The number of amides is 2. The Morgan fingerprint density at radius 1 is 1.08 bits per heavy atom. The predicted octanol–water partition coefficient (Wildman–Crippen LogP) is 1.57. The molecule has 138 valence electrons. The monoisotopic (exact) mass is 356 g/mol. The molecule has 0 saturated carbocycles. The molecule has 0 aliphatic carbocycles. The van der Waals surface area contributed by atoms with E-state index in [1.54, 1.807) is 47.2 Å². The first-order valence-corrected chi connectivity index (χ1v) is 8.77. The second-order valence-electron chi connectivity index (χ2n) is 6.43. The molecule has 1 saturated heterocycles. The molecule has 7 heteroatoms. The maximum absolute atomic E-state index is 12.6. The number of aryl methyl sites for hydroxylation is 2. The fraction of sp³-hybridized carbons (Fsp3) is 0.421. The number of nitrogens with zero attached hydrogens (tertiary/aromatic N) is 4. The van der Waals surface area contributed by atoms with Crippen molar-refractivity contribution in [1.29, 1.82) is 0 Å². The van der Waals surface area contributed by atoms with E-state index in [-0.39, 0.29) is 11.8 Å². The fourth-order valence-electron chi connectivity index (χ4n) is 3.03. The Labute approximate surface area is 153 Å². The van der Waals surface area contributed by atoms with Crippen LogP contribution < -0.4 is 4.74 Å². The van der Waals surface area contributed by atoms with Gasteiger partial charge in [-0.3, -0.25) is 14.3 Å². The van der Waals surface area contributed by atoms with E-state index in [4.69, 9.17) is 4.74 Å². The number of aromatic nitrogens is 2. The maximum atomic E-state index is 12.6. The molecular weight excluding hydrogens is 332 g/mol. The summed E-state index contributed by atoms with van der Waals surface area (Å²) in [4.78, 5) is 28.5. The van der Waals surface area contributed by atoms with Gasteiger partial charge in [0.15, 0.2) is 0 Å². The lowest BCUT2D eigenvalue weighted by molar-refractivity contribution is -0.132. The van der Waals surface area contributed by atoms with Crippen molar-refractivity contribution in [2.45, 2.75) is 19.9 Å². The topological polar surface area (TPSA) is 67.7 Å². The van der Waals surface area contributed by atoms with Crippen LogP contribution in [0.4, 0.5) is 0 Å². The first-order valence-electron chi connectivity index (χ1n) is 8.77. The second kappa shape index (κ2) is 8.03. The Kier molecular flexibility index (Phi) is 5.55. The van der Waals surface area contributed by atoms with Crippen molar-refractivity contribution < 1.29 is 14.3 Å². The summed E-state index contributed by atoms with van der Waals surface area (Å²) in [6, 6.07) is 7.10. The zero-order valence-corrected chi connectivity index (χ0v) is 15.2. The molecule has 1 aliphatic rings. The Hall–Kier alpha value is -2.83. The lowest BCUT2D eigenvalue weighted by Crippen LogP contribution is -2.50. The average Bonchev–Trinajstić information content (AvgIpc) is 3.11. The van der Waals surface area contributed by atoms with Crippen molar-refractivity contribution in [2.75, 3.05) is 33.3 Å². The quantitative estimate of drug-likeness (QED) is 0.816. The Bertz CT molecular complexity index is 761. The molecule has 0 radical (unpaired) electrons. The number of rotatable bonds is 5. The molecule has 0 atom stereocenters. The standard InChI is InChI=1S/C19H24N4O3/c1-15-13-20-23(14-15)8-7-18(24)21-9-11-22(12-10-21)19(25)16-3-5-17(26-2)6-4-16/h3-6,13-14H,7-12H2,1-2H3. The predicted molar refractivity (Wildman–Crippen MR) is 97.1 cm³/mol. The van der Waals surface area contributed by atoms with Gasteiger partial charge in [-0.2, -0.15) is 5.10 Å². The number of carbonyl (C=O) groups is 2. The van der Waals surface area contributed by atoms with Crippen molar-refractivity contribution >= 4 is 11.8 Å². The van der Waals surface area contributed by atoms with E-state index in [0.717, 1.165) is 11.3 Å². The van der Waals surface area contributed by atoms with Gasteiger partial charge < -0.3 is 14.5 Å². The summed E-state index contributed by atoms with van der Waals surface area (Å²) in [6.07, 6.45) is 4.14. The third kappa shape index (κ3) is 4.22. The molecule has 0 unspecified atom stereocenters. The minimum atomic E-state index is -0.00762. The number of carbonyl (C=O) groups excluding carboxylic acids is 2. The van der Waals surface area contributed by atoms with Crippen LogP contribution in [0.1, 0.15) is 22.3 Å². The van der Waals surface area contributed by atoms with Crippen LogP contribution in [0, 0.1) is 6.92 Å². The third-order valence-corrected chi connectivity index (χ3v) is 4.57. The summed E-state index contributed by atoms with van der Waals surface area (Å²) in [7, 11) is 1.60. The largest absolute Gasteiger partial charge is 0.497 e. The highest BCUT2D eigenvalue weighted by molar-refractivity contribution is 5.94. The Morgan fingerprint density at radius 2 is 1.73 bits per heavy atom. The van der Waals surface area contributed by atoms with Crippen LogP contribution in [0.15, 0.2) is 36.7 Å². The number of methoxy groups -OCH3 is 1. The normalized spacial score (nSPS) is 14.4. The van der Waals surface area contributed by atoms with Gasteiger partial charge in [-0.05, 0) is 36.8 Å². The summed E-state index contributed by atoms with van der Waals surface area (Å²) in [5.74, 6) is 0.825. The molecule has 7 nitrogen and oxygen atoms in total. The maximum Gasteiger partial charge on any atom is 0.253 e. The van der Waals surface area contributed by atoms with Crippen LogP contribution >= 0.6 is 0 Å². The van der Waals surface area contributed by atoms with Gasteiger partial charge in [-0.1, -0.05) is 0 Å². The summed E-state index contributed by atoms with van der Waals surface area (Å²) < 4.78 is 6.90. The van der Waals surface area contributed by atoms with Gasteiger partial charge in [0.2, 0.25) is 5.91 Å². The van der Waals surface area contributed by atoms with Crippen LogP contribution in [0.5, 0.6) is 5.75 Å². The van der Waals surface area contributed by atoms with E-state index >= 15 is 0 Å². The number of hydrogen-bond acceptors (Lipinski definition) is 4. The van der Waals surface area contributed by atoms with E-state index in [1.807, 2.05) is 18.0 Å². The average molecular weight is 356 g/mol. The molecule has 2 heterocycles. The molecule has 1 aliphatic heterocycles. The molecule has 26 heavy (non-hydrogen) atoms. The molecule has 0 bridgehead atoms. The number of ether oxygens (including phenoxy) is 1. The zero-order chi connectivity index (χ0) is 18.5. The highest BCUT2D eigenvalue weighted by Gasteiger charge is 2.24. The van der Waals surface area contributed by atoms with E-state index in [1.165, 1.54) is 0 Å². The van der Waals surface area contributed by atoms with Crippen molar-refractivity contribution in [1.82, 2.24) is 19.6 Å². The number of piperazine rings is 1. The summed E-state index contributed by atoms with van der Waals surface area (Å²) in [5.41, 5.74) is 1.72. The van der Waals surface area contributed by atoms with Crippen LogP contribution in [0.3, 0.4) is 0 Å². The molecular formula is C19H24N4O3. The third-order valence-electron chi connectivity index (χ3n) is 4.57. The van der Waals surface area contributed by atoms with Gasteiger partial charge in [0.1, 0.15) is 5.75 Å². The van der Waals surface area contributed by atoms with Gasteiger partial charge in [0.05, 0.1) is 13.3 Å². The van der Waals surface area contributed by atoms with Crippen LogP contribution in [-0.4, -0.2) is 64.7 Å². The van der Waals surface area contributed by atoms with E-state index < -0.39 is 0 Å². The SMILES string of the molecule is COc1ccc(C(=O)N2CCN(C(=O)CCn3cc(C)cn3)CC2)cc1.